The lowest BCUT2D eigenvalue weighted by atomic mass is 10.1. The van der Waals surface area contributed by atoms with Crippen molar-refractivity contribution in [3.8, 4) is 5.75 Å². The van der Waals surface area contributed by atoms with Crippen LogP contribution in [-0.4, -0.2) is 63.2 Å². The van der Waals surface area contributed by atoms with Gasteiger partial charge in [-0.25, -0.2) is 4.39 Å². The fourth-order valence-corrected chi connectivity index (χ4v) is 2.85. The summed E-state index contributed by atoms with van der Waals surface area (Å²) in [7, 11) is 5.87. The molecule has 2 atom stereocenters. The minimum atomic E-state index is -0.219. The monoisotopic (exact) mass is 295 g/mol. The van der Waals surface area contributed by atoms with Crippen LogP contribution in [0.3, 0.4) is 0 Å². The van der Waals surface area contributed by atoms with Crippen molar-refractivity contribution in [1.82, 2.24) is 15.1 Å². The number of likely N-dealkylation sites (N-methyl/N-ethyl adjacent to an activating group) is 2. The number of hydrogen-bond donors (Lipinski definition) is 1. The molecule has 1 aromatic rings. The van der Waals surface area contributed by atoms with Crippen molar-refractivity contribution in [3.05, 3.63) is 29.6 Å². The van der Waals surface area contributed by atoms with Gasteiger partial charge >= 0.3 is 0 Å². The first kappa shape index (κ1) is 16.2. The molecule has 0 bridgehead atoms. The van der Waals surface area contributed by atoms with E-state index in [1.54, 1.807) is 19.2 Å². The quantitative estimate of drug-likeness (QED) is 0.895. The molecule has 5 heteroatoms. The molecule has 0 aliphatic carbocycles. The summed E-state index contributed by atoms with van der Waals surface area (Å²) in [5, 5.41) is 3.45. The molecule has 2 rings (SSSR count). The number of hydrogen-bond acceptors (Lipinski definition) is 4. The predicted molar refractivity (Wildman–Crippen MR) is 83.3 cm³/mol. The second kappa shape index (κ2) is 7.20. The highest BCUT2D eigenvalue weighted by Gasteiger charge is 2.23. The summed E-state index contributed by atoms with van der Waals surface area (Å²) >= 11 is 0. The maximum Gasteiger partial charge on any atom is 0.131 e. The van der Waals surface area contributed by atoms with Crippen molar-refractivity contribution in [2.45, 2.75) is 19.0 Å². The Balaban J connectivity index is 2.00. The number of piperazine rings is 1. The van der Waals surface area contributed by atoms with E-state index in [9.17, 15) is 4.39 Å². The average Bonchev–Trinajstić information content (AvgIpc) is 2.47. The molecule has 4 nitrogen and oxygen atoms in total. The Hall–Kier alpha value is -1.17. The Bertz CT molecular complexity index is 469. The molecule has 1 fully saturated rings. The number of methoxy groups -OCH3 is 1. The van der Waals surface area contributed by atoms with Crippen LogP contribution in [0, 0.1) is 5.82 Å². The molecule has 1 heterocycles. The van der Waals surface area contributed by atoms with Gasteiger partial charge < -0.3 is 15.0 Å². The van der Waals surface area contributed by atoms with Crippen LogP contribution in [0.2, 0.25) is 0 Å². The highest BCUT2D eigenvalue weighted by molar-refractivity contribution is 5.36. The van der Waals surface area contributed by atoms with Crippen molar-refractivity contribution in [1.29, 1.82) is 0 Å². The maximum absolute atomic E-state index is 14.1. The minimum absolute atomic E-state index is 0.0817. The largest absolute Gasteiger partial charge is 0.496 e. The summed E-state index contributed by atoms with van der Waals surface area (Å²) in [6.07, 6.45) is 0. The Morgan fingerprint density at radius 2 is 2.14 bits per heavy atom. The van der Waals surface area contributed by atoms with Crippen molar-refractivity contribution >= 4 is 0 Å². The fraction of sp³-hybridized carbons (Fsp3) is 0.625. The summed E-state index contributed by atoms with van der Waals surface area (Å²) in [6, 6.07) is 5.33. The van der Waals surface area contributed by atoms with Crippen molar-refractivity contribution in [3.63, 3.8) is 0 Å². The topological polar surface area (TPSA) is 27.7 Å². The van der Waals surface area contributed by atoms with Crippen LogP contribution in [0.15, 0.2) is 18.2 Å². The van der Waals surface area contributed by atoms with Gasteiger partial charge in [-0.15, -0.1) is 0 Å². The van der Waals surface area contributed by atoms with Gasteiger partial charge in [0.05, 0.1) is 7.11 Å². The first-order valence-electron chi connectivity index (χ1n) is 7.47. The fourth-order valence-electron chi connectivity index (χ4n) is 2.85. The first-order chi connectivity index (χ1) is 10.0. The van der Waals surface area contributed by atoms with E-state index in [2.05, 4.69) is 29.2 Å². The normalized spacial score (nSPS) is 22.2. The number of rotatable bonds is 5. The van der Waals surface area contributed by atoms with Crippen molar-refractivity contribution in [2.75, 3.05) is 47.4 Å². The molecule has 118 valence electrons. The number of nitrogens with one attached hydrogen (secondary N) is 1. The Morgan fingerprint density at radius 1 is 1.38 bits per heavy atom. The van der Waals surface area contributed by atoms with E-state index in [0.29, 0.717) is 17.4 Å². The van der Waals surface area contributed by atoms with E-state index < -0.39 is 0 Å². The third kappa shape index (κ3) is 3.93. The van der Waals surface area contributed by atoms with E-state index in [4.69, 9.17) is 4.74 Å². The van der Waals surface area contributed by atoms with Gasteiger partial charge in [-0.3, -0.25) is 4.90 Å². The molecule has 1 aliphatic rings. The third-order valence-corrected chi connectivity index (χ3v) is 4.31. The summed E-state index contributed by atoms with van der Waals surface area (Å²) in [4.78, 5) is 4.69. The van der Waals surface area contributed by atoms with Gasteiger partial charge in [-0.1, -0.05) is 6.07 Å². The molecule has 2 unspecified atom stereocenters. The second-order valence-corrected chi connectivity index (χ2v) is 5.88. The number of ether oxygens (including phenoxy) is 1. The SMILES string of the molecule is COc1cccc(F)c1C(C)NCC1CN(C)CCN1C. The van der Waals surface area contributed by atoms with Crippen LogP contribution >= 0.6 is 0 Å². The predicted octanol–water partition coefficient (Wildman–Crippen LogP) is 1.73. The van der Waals surface area contributed by atoms with E-state index in [-0.39, 0.29) is 11.9 Å². The number of benzene rings is 1. The zero-order valence-electron chi connectivity index (χ0n) is 13.4. The smallest absolute Gasteiger partial charge is 0.131 e. The zero-order chi connectivity index (χ0) is 15.4. The average molecular weight is 295 g/mol. The van der Waals surface area contributed by atoms with E-state index in [1.165, 1.54) is 6.07 Å². The molecule has 1 N–H and O–H groups in total. The van der Waals surface area contributed by atoms with Crippen LogP contribution in [0.25, 0.3) is 0 Å². The Kier molecular flexibility index (Phi) is 5.56. The van der Waals surface area contributed by atoms with Gasteiger partial charge in [0.2, 0.25) is 0 Å². The maximum atomic E-state index is 14.1. The lowest BCUT2D eigenvalue weighted by molar-refractivity contribution is 0.111. The molecule has 1 aromatic carbocycles. The minimum Gasteiger partial charge on any atom is -0.496 e. The number of nitrogens with zero attached hydrogens (tertiary/aromatic N) is 2. The van der Waals surface area contributed by atoms with Crippen LogP contribution in [0.5, 0.6) is 5.75 Å². The van der Waals surface area contributed by atoms with Crippen molar-refractivity contribution in [2.24, 2.45) is 0 Å². The molecule has 0 spiro atoms. The summed E-state index contributed by atoms with van der Waals surface area (Å²) in [6.45, 7) is 6.02. The molecule has 1 saturated heterocycles. The van der Waals surface area contributed by atoms with Crippen LogP contribution in [0.4, 0.5) is 4.39 Å². The lowest BCUT2D eigenvalue weighted by Crippen LogP contribution is -2.53. The number of halogens is 1. The molecule has 0 aromatic heterocycles. The molecule has 1 aliphatic heterocycles. The van der Waals surface area contributed by atoms with E-state index in [1.807, 2.05) is 6.92 Å². The zero-order valence-corrected chi connectivity index (χ0v) is 13.4. The van der Waals surface area contributed by atoms with Gasteiger partial charge in [-0.05, 0) is 33.2 Å². The lowest BCUT2D eigenvalue weighted by Gasteiger charge is -2.38. The molecule has 21 heavy (non-hydrogen) atoms. The van der Waals surface area contributed by atoms with Crippen molar-refractivity contribution < 1.29 is 9.13 Å². The highest BCUT2D eigenvalue weighted by Crippen LogP contribution is 2.27. The van der Waals surface area contributed by atoms with Gasteiger partial charge in [0, 0.05) is 43.8 Å². The molecular weight excluding hydrogens is 269 g/mol. The van der Waals surface area contributed by atoms with E-state index in [0.717, 1.165) is 26.2 Å². The van der Waals surface area contributed by atoms with Crippen LogP contribution in [0.1, 0.15) is 18.5 Å². The van der Waals surface area contributed by atoms with Gasteiger partial charge in [0.25, 0.3) is 0 Å². The first-order valence-corrected chi connectivity index (χ1v) is 7.47. The van der Waals surface area contributed by atoms with Crippen LogP contribution in [-0.2, 0) is 0 Å². The third-order valence-electron chi connectivity index (χ3n) is 4.31. The van der Waals surface area contributed by atoms with Gasteiger partial charge in [0.1, 0.15) is 11.6 Å². The summed E-state index contributed by atoms with van der Waals surface area (Å²) < 4.78 is 19.3. The Labute approximate surface area is 126 Å². The van der Waals surface area contributed by atoms with E-state index >= 15 is 0 Å². The van der Waals surface area contributed by atoms with Gasteiger partial charge in [-0.2, -0.15) is 0 Å². The standard InChI is InChI=1S/C16H26FN3O/c1-12(16-14(17)6-5-7-15(16)21-4)18-10-13-11-19(2)8-9-20(13)3/h5-7,12-13,18H,8-11H2,1-4H3. The molecule has 0 saturated carbocycles. The second-order valence-electron chi connectivity index (χ2n) is 5.88. The summed E-state index contributed by atoms with van der Waals surface area (Å²) in [5.74, 6) is 0.382. The molecule has 0 amide bonds. The summed E-state index contributed by atoms with van der Waals surface area (Å²) in [5.41, 5.74) is 0.604. The van der Waals surface area contributed by atoms with Gasteiger partial charge in [0.15, 0.2) is 0 Å². The Morgan fingerprint density at radius 3 is 2.86 bits per heavy atom. The van der Waals surface area contributed by atoms with Crippen LogP contribution < -0.4 is 10.1 Å². The molecular formula is C16H26FN3O. The molecule has 0 radical (unpaired) electrons. The highest BCUT2D eigenvalue weighted by atomic mass is 19.1.